The van der Waals surface area contributed by atoms with Crippen molar-refractivity contribution in [3.05, 3.63) is 103 Å². The molecule has 0 radical (unpaired) electrons. The minimum atomic E-state index is -0.652. The summed E-state index contributed by atoms with van der Waals surface area (Å²) in [5.74, 6) is 0.392. The van der Waals surface area contributed by atoms with Crippen molar-refractivity contribution >= 4 is 33.0 Å². The molecule has 0 amide bonds. The number of benzene rings is 3. The molecule has 0 unspecified atom stereocenters. The Morgan fingerprint density at radius 1 is 1.12 bits per heavy atom. The van der Waals surface area contributed by atoms with E-state index in [2.05, 4.69) is 26.0 Å². The molecule has 162 valence electrons. The average molecular weight is 498 g/mol. The number of ether oxygens (including phenoxy) is 2. The molecule has 0 aliphatic rings. The number of aromatic nitrogens is 2. The lowest BCUT2D eigenvalue weighted by Gasteiger charge is -2.14. The Labute approximate surface area is 189 Å². The van der Waals surface area contributed by atoms with Gasteiger partial charge in [0.15, 0.2) is 11.5 Å². The van der Waals surface area contributed by atoms with Crippen LogP contribution >= 0.6 is 15.9 Å². The number of hydrogen-bond donors (Lipinski definition) is 1. The van der Waals surface area contributed by atoms with Crippen molar-refractivity contribution in [2.75, 3.05) is 7.11 Å². The molecular formula is C23H17BrFN3O4. The number of fused-ring (bicyclic) bond motifs is 1. The fraction of sp³-hybridized carbons (Fsp3) is 0.0870. The van der Waals surface area contributed by atoms with Crippen molar-refractivity contribution < 1.29 is 13.9 Å². The van der Waals surface area contributed by atoms with E-state index in [0.717, 1.165) is 4.68 Å². The molecule has 4 rings (SSSR count). The first-order valence-electron chi connectivity index (χ1n) is 9.50. The van der Waals surface area contributed by atoms with E-state index in [0.29, 0.717) is 38.0 Å². The zero-order chi connectivity index (χ0) is 22.7. The highest BCUT2D eigenvalue weighted by Crippen LogP contribution is 2.37. The van der Waals surface area contributed by atoms with Crippen molar-refractivity contribution in [1.29, 1.82) is 0 Å². The molecule has 32 heavy (non-hydrogen) atoms. The Bertz CT molecular complexity index is 1450. The lowest BCUT2D eigenvalue weighted by Crippen LogP contribution is -2.32. The van der Waals surface area contributed by atoms with Gasteiger partial charge in [-0.05, 0) is 51.8 Å². The van der Waals surface area contributed by atoms with Gasteiger partial charge in [0.2, 0.25) is 0 Å². The summed E-state index contributed by atoms with van der Waals surface area (Å²) in [6, 6.07) is 16.3. The number of nitrogens with zero attached hydrogens (tertiary/aromatic N) is 2. The van der Waals surface area contributed by atoms with Gasteiger partial charge in [-0.2, -0.15) is 5.10 Å². The van der Waals surface area contributed by atoms with Gasteiger partial charge in [0.1, 0.15) is 12.4 Å². The summed E-state index contributed by atoms with van der Waals surface area (Å²) in [7, 11) is 1.47. The summed E-state index contributed by atoms with van der Waals surface area (Å²) in [5, 5.41) is 4.39. The number of nitrogens with one attached hydrogen (secondary N) is 1. The van der Waals surface area contributed by atoms with Crippen LogP contribution in [0.3, 0.4) is 0 Å². The first kappa shape index (κ1) is 21.5. The Balaban J connectivity index is 1.64. The molecule has 1 heterocycles. The quantitative estimate of drug-likeness (QED) is 0.407. The SMILES string of the molecule is COc1cc(C=Nn2c(=O)[nH]c3ccccc3c2=O)cc(Br)c1OCc1ccccc1F. The third kappa shape index (κ3) is 4.33. The van der Waals surface area contributed by atoms with Crippen molar-refractivity contribution in [3.63, 3.8) is 0 Å². The Hall–Kier alpha value is -3.72. The number of rotatable bonds is 6. The van der Waals surface area contributed by atoms with Crippen LogP contribution in [0.4, 0.5) is 4.39 Å². The van der Waals surface area contributed by atoms with E-state index in [-0.39, 0.29) is 12.4 Å². The third-order valence-corrected chi connectivity index (χ3v) is 5.28. The molecule has 0 atom stereocenters. The van der Waals surface area contributed by atoms with E-state index in [1.807, 2.05) is 0 Å². The second-order valence-corrected chi connectivity index (χ2v) is 7.61. The second-order valence-electron chi connectivity index (χ2n) is 6.75. The number of methoxy groups -OCH3 is 1. The summed E-state index contributed by atoms with van der Waals surface area (Å²) >= 11 is 3.42. The zero-order valence-electron chi connectivity index (χ0n) is 16.8. The second kappa shape index (κ2) is 9.19. The summed E-state index contributed by atoms with van der Waals surface area (Å²) < 4.78 is 26.3. The van der Waals surface area contributed by atoms with Crippen LogP contribution < -0.4 is 20.7 Å². The number of halogens is 2. The lowest BCUT2D eigenvalue weighted by atomic mass is 10.2. The smallest absolute Gasteiger partial charge is 0.349 e. The van der Waals surface area contributed by atoms with Gasteiger partial charge in [0.05, 0.1) is 28.7 Å². The number of H-pyrrole nitrogens is 1. The number of para-hydroxylation sites is 1. The molecule has 3 aromatic carbocycles. The summed E-state index contributed by atoms with van der Waals surface area (Å²) in [6.07, 6.45) is 1.36. The normalized spacial score (nSPS) is 11.2. The maximum absolute atomic E-state index is 13.9. The number of aromatic amines is 1. The van der Waals surface area contributed by atoms with Gasteiger partial charge in [-0.3, -0.25) is 4.79 Å². The predicted octanol–water partition coefficient (Wildman–Crippen LogP) is 4.06. The lowest BCUT2D eigenvalue weighted by molar-refractivity contribution is 0.278. The number of hydrogen-bond acceptors (Lipinski definition) is 5. The summed E-state index contributed by atoms with van der Waals surface area (Å²) in [6.45, 7) is 0.0108. The zero-order valence-corrected chi connectivity index (χ0v) is 18.4. The van der Waals surface area contributed by atoms with Crippen molar-refractivity contribution in [1.82, 2.24) is 9.66 Å². The molecule has 7 nitrogen and oxygen atoms in total. The first-order valence-corrected chi connectivity index (χ1v) is 10.3. The minimum absolute atomic E-state index is 0.0108. The molecule has 0 aliphatic carbocycles. The van der Waals surface area contributed by atoms with Gasteiger partial charge in [-0.25, -0.2) is 9.18 Å². The molecule has 1 aromatic heterocycles. The van der Waals surface area contributed by atoms with Gasteiger partial charge in [0, 0.05) is 5.56 Å². The highest BCUT2D eigenvalue weighted by Gasteiger charge is 2.13. The van der Waals surface area contributed by atoms with Crippen LogP contribution in [-0.2, 0) is 6.61 Å². The monoisotopic (exact) mass is 497 g/mol. The van der Waals surface area contributed by atoms with E-state index in [1.54, 1.807) is 54.6 Å². The molecule has 0 aliphatic heterocycles. The summed E-state index contributed by atoms with van der Waals surface area (Å²) in [4.78, 5) is 27.5. The topological polar surface area (TPSA) is 85.7 Å². The van der Waals surface area contributed by atoms with Gasteiger partial charge in [-0.1, -0.05) is 30.3 Å². The summed E-state index contributed by atoms with van der Waals surface area (Å²) in [5.41, 5.74) is 0.209. The molecule has 0 saturated heterocycles. The average Bonchev–Trinajstić information content (AvgIpc) is 2.79. The van der Waals surface area contributed by atoms with Crippen LogP contribution in [0, 0.1) is 5.82 Å². The van der Waals surface area contributed by atoms with Gasteiger partial charge >= 0.3 is 5.69 Å². The fourth-order valence-electron chi connectivity index (χ4n) is 3.10. The van der Waals surface area contributed by atoms with Gasteiger partial charge in [0.25, 0.3) is 5.56 Å². The molecule has 0 fully saturated rings. The molecule has 0 saturated carbocycles. The third-order valence-electron chi connectivity index (χ3n) is 4.69. The van der Waals surface area contributed by atoms with Crippen LogP contribution in [0.1, 0.15) is 11.1 Å². The largest absolute Gasteiger partial charge is 0.493 e. The highest BCUT2D eigenvalue weighted by molar-refractivity contribution is 9.10. The van der Waals surface area contributed by atoms with Crippen molar-refractivity contribution in [2.45, 2.75) is 6.61 Å². The van der Waals surface area contributed by atoms with E-state index in [4.69, 9.17) is 9.47 Å². The molecule has 1 N–H and O–H groups in total. The van der Waals surface area contributed by atoms with E-state index < -0.39 is 11.2 Å². The highest BCUT2D eigenvalue weighted by atomic mass is 79.9. The van der Waals surface area contributed by atoms with Gasteiger partial charge in [-0.15, -0.1) is 4.68 Å². The molecule has 0 spiro atoms. The molecule has 4 aromatic rings. The predicted molar refractivity (Wildman–Crippen MR) is 123 cm³/mol. The van der Waals surface area contributed by atoms with Crippen LogP contribution in [-0.4, -0.2) is 23.0 Å². The standard InChI is InChI=1S/C23H17BrFN3O4/c1-31-20-11-14(10-17(24)21(20)32-13-15-6-2-4-8-18(15)25)12-26-28-22(29)16-7-3-5-9-19(16)27-23(28)30/h2-12H,13H2,1H3,(H,27,30). The van der Waals surface area contributed by atoms with Crippen molar-refractivity contribution in [2.24, 2.45) is 5.10 Å². The van der Waals surface area contributed by atoms with Crippen LogP contribution in [0.25, 0.3) is 10.9 Å². The first-order chi connectivity index (χ1) is 15.5. The Morgan fingerprint density at radius 2 is 1.88 bits per heavy atom. The van der Waals surface area contributed by atoms with E-state index in [9.17, 15) is 14.0 Å². The minimum Gasteiger partial charge on any atom is -0.493 e. The maximum atomic E-state index is 13.9. The Morgan fingerprint density at radius 3 is 2.66 bits per heavy atom. The molecule has 0 bridgehead atoms. The maximum Gasteiger partial charge on any atom is 0.349 e. The van der Waals surface area contributed by atoms with Crippen LogP contribution in [0.5, 0.6) is 11.5 Å². The van der Waals surface area contributed by atoms with Crippen molar-refractivity contribution in [3.8, 4) is 11.5 Å². The van der Waals surface area contributed by atoms with Crippen LogP contribution in [0.2, 0.25) is 0 Å². The van der Waals surface area contributed by atoms with Crippen LogP contribution in [0.15, 0.2) is 79.8 Å². The molecular weight excluding hydrogens is 481 g/mol. The van der Waals surface area contributed by atoms with Gasteiger partial charge < -0.3 is 14.5 Å². The Kier molecular flexibility index (Phi) is 6.18. The fourth-order valence-corrected chi connectivity index (χ4v) is 3.68. The molecule has 9 heteroatoms. The van der Waals surface area contributed by atoms with E-state index in [1.165, 1.54) is 19.4 Å². The van der Waals surface area contributed by atoms with E-state index >= 15 is 0 Å².